The molecule has 1 N–H and O–H groups in total. The molecule has 0 saturated carbocycles. The van der Waals surface area contributed by atoms with E-state index in [4.69, 9.17) is 4.74 Å². The lowest BCUT2D eigenvalue weighted by Gasteiger charge is -2.07. The van der Waals surface area contributed by atoms with Gasteiger partial charge in [0, 0.05) is 23.1 Å². The second kappa shape index (κ2) is 7.94. The molecule has 4 nitrogen and oxygen atoms in total. The third-order valence-corrected chi connectivity index (χ3v) is 4.72. The number of benzene rings is 2. The van der Waals surface area contributed by atoms with Crippen LogP contribution < -0.4 is 10.1 Å². The molecule has 3 rings (SSSR count). The van der Waals surface area contributed by atoms with E-state index < -0.39 is 0 Å². The normalized spacial score (nSPS) is 10.5. The molecule has 5 heteroatoms. The van der Waals surface area contributed by atoms with E-state index in [9.17, 15) is 4.79 Å². The van der Waals surface area contributed by atoms with Crippen LogP contribution in [0, 0.1) is 6.92 Å². The zero-order valence-electron chi connectivity index (χ0n) is 14.3. The first-order valence-corrected chi connectivity index (χ1v) is 8.87. The molecule has 0 unspecified atom stereocenters. The summed E-state index contributed by atoms with van der Waals surface area (Å²) in [5.41, 5.74) is 3.35. The number of aryl methyl sites for hydroxylation is 1. The maximum atomic E-state index is 12.3. The monoisotopic (exact) mass is 352 g/mol. The molecule has 0 bridgehead atoms. The van der Waals surface area contributed by atoms with E-state index in [0.717, 1.165) is 22.6 Å². The first-order valence-electron chi connectivity index (χ1n) is 8.06. The fourth-order valence-electron chi connectivity index (χ4n) is 2.66. The molecule has 1 amide bonds. The van der Waals surface area contributed by atoms with Crippen molar-refractivity contribution in [3.8, 4) is 5.75 Å². The van der Waals surface area contributed by atoms with Gasteiger partial charge in [0.15, 0.2) is 5.13 Å². The van der Waals surface area contributed by atoms with E-state index in [1.54, 1.807) is 7.11 Å². The van der Waals surface area contributed by atoms with Crippen molar-refractivity contribution in [2.24, 2.45) is 0 Å². The van der Waals surface area contributed by atoms with Crippen molar-refractivity contribution in [2.45, 2.75) is 19.8 Å². The van der Waals surface area contributed by atoms with Crippen molar-refractivity contribution in [2.75, 3.05) is 12.4 Å². The smallest absolute Gasteiger partial charge is 0.230 e. The zero-order valence-corrected chi connectivity index (χ0v) is 15.1. The first-order chi connectivity index (χ1) is 12.1. The highest BCUT2D eigenvalue weighted by Crippen LogP contribution is 2.23. The van der Waals surface area contributed by atoms with E-state index in [1.807, 2.05) is 30.5 Å². The van der Waals surface area contributed by atoms with Crippen molar-refractivity contribution in [1.82, 2.24) is 4.98 Å². The summed E-state index contributed by atoms with van der Waals surface area (Å²) in [5.74, 6) is 0.623. The fourth-order valence-corrected chi connectivity index (χ4v) is 3.52. The Labute approximate surface area is 151 Å². The molecule has 0 aliphatic heterocycles. The summed E-state index contributed by atoms with van der Waals surface area (Å²) in [4.78, 5) is 17.7. The SMILES string of the molecule is COc1ccccc1CC(=O)Nc1ncc(Cc2cccc(C)c2)s1. The number of hydrogen-bond donors (Lipinski definition) is 1. The highest BCUT2D eigenvalue weighted by atomic mass is 32.1. The highest BCUT2D eigenvalue weighted by Gasteiger charge is 2.11. The topological polar surface area (TPSA) is 51.2 Å². The largest absolute Gasteiger partial charge is 0.496 e. The molecule has 128 valence electrons. The summed E-state index contributed by atoms with van der Waals surface area (Å²) in [7, 11) is 1.61. The molecule has 0 spiro atoms. The minimum Gasteiger partial charge on any atom is -0.496 e. The first kappa shape index (κ1) is 17.2. The summed E-state index contributed by atoms with van der Waals surface area (Å²) < 4.78 is 5.28. The van der Waals surface area contributed by atoms with Gasteiger partial charge >= 0.3 is 0 Å². The van der Waals surface area contributed by atoms with Crippen LogP contribution >= 0.6 is 11.3 Å². The van der Waals surface area contributed by atoms with Gasteiger partial charge in [0.05, 0.1) is 13.5 Å². The molecule has 1 aromatic heterocycles. The van der Waals surface area contributed by atoms with E-state index in [-0.39, 0.29) is 12.3 Å². The number of amides is 1. The standard InChI is InChI=1S/C20H20N2O2S/c1-14-6-5-7-15(10-14)11-17-13-21-20(25-17)22-19(23)12-16-8-3-4-9-18(16)24-2/h3-10,13H,11-12H2,1-2H3,(H,21,22,23). The minimum absolute atomic E-state index is 0.0963. The molecule has 2 aromatic carbocycles. The number of hydrogen-bond acceptors (Lipinski definition) is 4. The molecule has 0 fully saturated rings. The van der Waals surface area contributed by atoms with Crippen LogP contribution in [0.5, 0.6) is 5.75 Å². The molecule has 0 aliphatic carbocycles. The highest BCUT2D eigenvalue weighted by molar-refractivity contribution is 7.15. The number of ether oxygens (including phenoxy) is 1. The maximum absolute atomic E-state index is 12.3. The molecule has 0 radical (unpaired) electrons. The van der Waals surface area contributed by atoms with Crippen molar-refractivity contribution in [3.63, 3.8) is 0 Å². The number of nitrogens with one attached hydrogen (secondary N) is 1. The number of rotatable bonds is 6. The number of nitrogens with zero attached hydrogens (tertiary/aromatic N) is 1. The lowest BCUT2D eigenvalue weighted by molar-refractivity contribution is -0.115. The van der Waals surface area contributed by atoms with Crippen LogP contribution in [-0.4, -0.2) is 18.0 Å². The van der Waals surface area contributed by atoms with Crippen LogP contribution in [0.4, 0.5) is 5.13 Å². The Kier molecular flexibility index (Phi) is 5.46. The van der Waals surface area contributed by atoms with Gasteiger partial charge in [-0.05, 0) is 18.6 Å². The van der Waals surface area contributed by atoms with E-state index >= 15 is 0 Å². The number of thiazole rings is 1. The molecule has 1 heterocycles. The Morgan fingerprint density at radius 2 is 2.04 bits per heavy atom. The Hall–Kier alpha value is -2.66. The van der Waals surface area contributed by atoms with Gasteiger partial charge < -0.3 is 10.1 Å². The second-order valence-electron chi connectivity index (χ2n) is 5.83. The van der Waals surface area contributed by atoms with Gasteiger partial charge in [0.25, 0.3) is 0 Å². The molecule has 0 saturated heterocycles. The lowest BCUT2D eigenvalue weighted by atomic mass is 10.1. The van der Waals surface area contributed by atoms with Crippen LogP contribution in [-0.2, 0) is 17.6 Å². The molecule has 25 heavy (non-hydrogen) atoms. The third-order valence-electron chi connectivity index (χ3n) is 3.80. The van der Waals surface area contributed by atoms with Crippen LogP contribution in [0.3, 0.4) is 0 Å². The molecule has 0 aliphatic rings. The van der Waals surface area contributed by atoms with E-state index in [2.05, 4.69) is 41.5 Å². The second-order valence-corrected chi connectivity index (χ2v) is 6.95. The average molecular weight is 352 g/mol. The van der Waals surface area contributed by atoms with Crippen LogP contribution in [0.1, 0.15) is 21.6 Å². The van der Waals surface area contributed by atoms with Crippen molar-refractivity contribution >= 4 is 22.4 Å². The summed E-state index contributed by atoms with van der Waals surface area (Å²) in [5, 5.41) is 3.50. The van der Waals surface area contributed by atoms with Gasteiger partial charge in [0.1, 0.15) is 5.75 Å². The predicted octanol–water partition coefficient (Wildman–Crippen LogP) is 4.23. The van der Waals surface area contributed by atoms with Gasteiger partial charge in [-0.25, -0.2) is 4.98 Å². The van der Waals surface area contributed by atoms with Gasteiger partial charge in [-0.1, -0.05) is 48.0 Å². The third kappa shape index (κ3) is 4.67. The number of methoxy groups -OCH3 is 1. The van der Waals surface area contributed by atoms with Gasteiger partial charge in [-0.2, -0.15) is 0 Å². The fraction of sp³-hybridized carbons (Fsp3) is 0.200. The van der Waals surface area contributed by atoms with Gasteiger partial charge in [-0.3, -0.25) is 4.79 Å². The average Bonchev–Trinajstić information content (AvgIpc) is 3.02. The van der Waals surface area contributed by atoms with E-state index in [0.29, 0.717) is 5.13 Å². The molecular formula is C20H20N2O2S. The van der Waals surface area contributed by atoms with Crippen molar-refractivity contribution in [1.29, 1.82) is 0 Å². The minimum atomic E-state index is -0.0963. The Balaban J connectivity index is 1.62. The lowest BCUT2D eigenvalue weighted by Crippen LogP contribution is -2.14. The summed E-state index contributed by atoms with van der Waals surface area (Å²) in [6, 6.07) is 15.9. The summed E-state index contributed by atoms with van der Waals surface area (Å²) in [6.07, 6.45) is 2.91. The summed E-state index contributed by atoms with van der Waals surface area (Å²) >= 11 is 1.51. The number of para-hydroxylation sites is 1. The molecule has 3 aromatic rings. The Bertz CT molecular complexity index is 873. The van der Waals surface area contributed by atoms with Crippen LogP contribution in [0.2, 0.25) is 0 Å². The van der Waals surface area contributed by atoms with Crippen LogP contribution in [0.15, 0.2) is 54.7 Å². The number of carbonyl (C=O) groups is 1. The number of anilines is 1. The maximum Gasteiger partial charge on any atom is 0.230 e. The zero-order chi connectivity index (χ0) is 17.6. The predicted molar refractivity (Wildman–Crippen MR) is 101 cm³/mol. The Morgan fingerprint density at radius 1 is 1.20 bits per heavy atom. The quantitative estimate of drug-likeness (QED) is 0.722. The number of carbonyl (C=O) groups excluding carboxylic acids is 1. The molecule has 0 atom stereocenters. The van der Waals surface area contributed by atoms with Gasteiger partial charge in [-0.15, -0.1) is 11.3 Å². The number of aromatic nitrogens is 1. The van der Waals surface area contributed by atoms with Gasteiger partial charge in [0.2, 0.25) is 5.91 Å². The van der Waals surface area contributed by atoms with Crippen molar-refractivity contribution < 1.29 is 9.53 Å². The Morgan fingerprint density at radius 3 is 2.84 bits per heavy atom. The van der Waals surface area contributed by atoms with E-state index in [1.165, 1.54) is 22.5 Å². The summed E-state index contributed by atoms with van der Waals surface area (Å²) in [6.45, 7) is 2.08. The van der Waals surface area contributed by atoms with Crippen LogP contribution in [0.25, 0.3) is 0 Å². The molecular weight excluding hydrogens is 332 g/mol. The van der Waals surface area contributed by atoms with Crippen molar-refractivity contribution in [3.05, 3.63) is 76.3 Å².